The number of H-pyrrole nitrogens is 1. The van der Waals surface area contributed by atoms with Gasteiger partial charge in [0.15, 0.2) is 0 Å². The van der Waals surface area contributed by atoms with E-state index in [9.17, 15) is 0 Å². The van der Waals surface area contributed by atoms with Crippen molar-refractivity contribution in [1.82, 2.24) is 9.88 Å². The average Bonchev–Trinajstić information content (AvgIpc) is 2.99. The van der Waals surface area contributed by atoms with Gasteiger partial charge in [0.2, 0.25) is 0 Å². The largest absolute Gasteiger partial charge is 0.496 e. The zero-order chi connectivity index (χ0) is 16.0. The van der Waals surface area contributed by atoms with Gasteiger partial charge in [0.25, 0.3) is 0 Å². The van der Waals surface area contributed by atoms with E-state index in [2.05, 4.69) is 41.9 Å². The summed E-state index contributed by atoms with van der Waals surface area (Å²) in [5.74, 6) is 2.75. The molecule has 1 aromatic heterocycles. The van der Waals surface area contributed by atoms with Crippen molar-refractivity contribution >= 4 is 10.9 Å². The van der Waals surface area contributed by atoms with Crippen LogP contribution >= 0.6 is 0 Å². The van der Waals surface area contributed by atoms with Crippen molar-refractivity contribution in [3.8, 4) is 5.75 Å². The van der Waals surface area contributed by atoms with Crippen LogP contribution in [0.4, 0.5) is 0 Å². The molecular weight excluding hydrogens is 284 g/mol. The molecule has 3 nitrogen and oxygen atoms in total. The number of benzene rings is 1. The molecule has 124 valence electrons. The van der Waals surface area contributed by atoms with Crippen molar-refractivity contribution in [3.05, 3.63) is 29.5 Å². The number of hydrogen-bond acceptors (Lipinski definition) is 2. The van der Waals surface area contributed by atoms with Gasteiger partial charge in [-0.05, 0) is 42.4 Å². The van der Waals surface area contributed by atoms with Gasteiger partial charge in [0.1, 0.15) is 5.75 Å². The fourth-order valence-electron chi connectivity index (χ4n) is 4.99. The molecule has 0 unspecified atom stereocenters. The molecule has 2 aliphatic heterocycles. The molecule has 2 aliphatic rings. The first-order valence-electron chi connectivity index (χ1n) is 9.18. The second kappa shape index (κ2) is 5.86. The highest BCUT2D eigenvalue weighted by molar-refractivity contribution is 5.91. The minimum absolute atomic E-state index is 0.573. The van der Waals surface area contributed by atoms with E-state index in [1.807, 2.05) is 0 Å². The predicted octanol–water partition coefficient (Wildman–Crippen LogP) is 4.53. The van der Waals surface area contributed by atoms with Gasteiger partial charge >= 0.3 is 0 Å². The van der Waals surface area contributed by atoms with Crippen LogP contribution in [-0.2, 0) is 6.42 Å². The van der Waals surface area contributed by atoms with E-state index in [0.29, 0.717) is 6.04 Å². The van der Waals surface area contributed by atoms with Crippen molar-refractivity contribution < 1.29 is 4.74 Å². The number of aromatic amines is 1. The van der Waals surface area contributed by atoms with E-state index >= 15 is 0 Å². The van der Waals surface area contributed by atoms with Crippen LogP contribution < -0.4 is 4.74 Å². The number of ether oxygens (including phenoxy) is 1. The van der Waals surface area contributed by atoms with E-state index in [0.717, 1.165) is 24.0 Å². The number of hydrogen-bond donors (Lipinski definition) is 1. The molecule has 3 heteroatoms. The molecule has 4 rings (SSSR count). The first kappa shape index (κ1) is 15.1. The van der Waals surface area contributed by atoms with Crippen molar-refractivity contribution in [1.29, 1.82) is 0 Å². The van der Waals surface area contributed by atoms with E-state index in [1.165, 1.54) is 54.5 Å². The third-order valence-corrected chi connectivity index (χ3v) is 6.28. The van der Waals surface area contributed by atoms with Gasteiger partial charge < -0.3 is 9.72 Å². The van der Waals surface area contributed by atoms with Crippen molar-refractivity contribution in [2.75, 3.05) is 20.2 Å². The number of fused-ring (bicyclic) bond motifs is 5. The third-order valence-electron chi connectivity index (χ3n) is 6.28. The SMILES string of the molecule is CC[C@@H]1CN2CCc3c([nH]c4cccc(OC)c34)[C@@H]2C[C@@H]1CC. The van der Waals surface area contributed by atoms with Gasteiger partial charge in [-0.3, -0.25) is 4.90 Å². The lowest BCUT2D eigenvalue weighted by Gasteiger charge is -2.46. The monoisotopic (exact) mass is 312 g/mol. The van der Waals surface area contributed by atoms with Crippen LogP contribution in [-0.4, -0.2) is 30.1 Å². The summed E-state index contributed by atoms with van der Waals surface area (Å²) >= 11 is 0. The van der Waals surface area contributed by atoms with Gasteiger partial charge in [-0.2, -0.15) is 0 Å². The van der Waals surface area contributed by atoms with Crippen LogP contribution in [0, 0.1) is 11.8 Å². The zero-order valence-electron chi connectivity index (χ0n) is 14.6. The van der Waals surface area contributed by atoms with Gasteiger partial charge in [-0.25, -0.2) is 0 Å². The molecule has 23 heavy (non-hydrogen) atoms. The summed E-state index contributed by atoms with van der Waals surface area (Å²) in [7, 11) is 1.78. The number of nitrogens with one attached hydrogen (secondary N) is 1. The maximum Gasteiger partial charge on any atom is 0.128 e. The molecular formula is C20H28N2O. The third kappa shape index (κ3) is 2.28. The number of rotatable bonds is 3. The van der Waals surface area contributed by atoms with Gasteiger partial charge in [-0.1, -0.05) is 32.8 Å². The lowest BCUT2D eigenvalue weighted by atomic mass is 9.76. The number of nitrogens with zero attached hydrogens (tertiary/aromatic N) is 1. The summed E-state index contributed by atoms with van der Waals surface area (Å²) < 4.78 is 5.63. The Hall–Kier alpha value is -1.48. The predicted molar refractivity (Wildman–Crippen MR) is 95.0 cm³/mol. The number of piperidine rings is 1. The normalized spacial score (nSPS) is 27.7. The van der Waals surface area contributed by atoms with Crippen LogP contribution in [0.1, 0.15) is 50.4 Å². The van der Waals surface area contributed by atoms with E-state index < -0.39 is 0 Å². The van der Waals surface area contributed by atoms with Crippen LogP contribution in [0.3, 0.4) is 0 Å². The molecule has 3 heterocycles. The number of methoxy groups -OCH3 is 1. The van der Waals surface area contributed by atoms with Gasteiger partial charge in [0, 0.05) is 29.7 Å². The van der Waals surface area contributed by atoms with E-state index in [4.69, 9.17) is 4.74 Å². The van der Waals surface area contributed by atoms with Gasteiger partial charge in [-0.15, -0.1) is 0 Å². The molecule has 1 saturated heterocycles. The van der Waals surface area contributed by atoms with Crippen molar-refractivity contribution in [2.45, 2.75) is 45.6 Å². The molecule has 1 aromatic carbocycles. The summed E-state index contributed by atoms with van der Waals surface area (Å²) in [4.78, 5) is 6.47. The highest BCUT2D eigenvalue weighted by Crippen LogP contribution is 2.45. The fourth-order valence-corrected chi connectivity index (χ4v) is 4.99. The zero-order valence-corrected chi connectivity index (χ0v) is 14.6. The Bertz CT molecular complexity index is 705. The van der Waals surface area contributed by atoms with Crippen LogP contribution in [0.15, 0.2) is 18.2 Å². The van der Waals surface area contributed by atoms with E-state index in [-0.39, 0.29) is 0 Å². The Morgan fingerprint density at radius 2 is 2.04 bits per heavy atom. The molecule has 3 atom stereocenters. The van der Waals surface area contributed by atoms with Crippen molar-refractivity contribution in [3.63, 3.8) is 0 Å². The molecule has 0 bridgehead atoms. The Morgan fingerprint density at radius 3 is 2.78 bits per heavy atom. The minimum atomic E-state index is 0.573. The summed E-state index contributed by atoms with van der Waals surface area (Å²) in [5.41, 5.74) is 4.20. The second-order valence-corrected chi connectivity index (χ2v) is 7.23. The summed E-state index contributed by atoms with van der Waals surface area (Å²) in [6.45, 7) is 7.18. The molecule has 0 spiro atoms. The summed E-state index contributed by atoms with van der Waals surface area (Å²) in [5, 5.41) is 1.32. The standard InChI is InChI=1S/C20H28N2O/c1-4-13-11-17-20-15(9-10-22(17)12-14(13)5-2)19-16(21-20)7-6-8-18(19)23-3/h6-8,13-14,17,21H,4-5,9-12H2,1-3H3/t13-,14+,17-/m0/s1. The van der Waals surface area contributed by atoms with Crippen LogP contribution in [0.5, 0.6) is 5.75 Å². The molecule has 0 aliphatic carbocycles. The first-order valence-corrected chi connectivity index (χ1v) is 9.18. The molecule has 1 fully saturated rings. The van der Waals surface area contributed by atoms with Gasteiger partial charge in [0.05, 0.1) is 13.2 Å². The highest BCUT2D eigenvalue weighted by atomic mass is 16.5. The molecule has 0 radical (unpaired) electrons. The van der Waals surface area contributed by atoms with E-state index in [1.54, 1.807) is 7.11 Å². The van der Waals surface area contributed by atoms with Crippen LogP contribution in [0.25, 0.3) is 10.9 Å². The lowest BCUT2D eigenvalue weighted by Crippen LogP contribution is -2.45. The highest BCUT2D eigenvalue weighted by Gasteiger charge is 2.39. The summed E-state index contributed by atoms with van der Waals surface area (Å²) in [6, 6.07) is 6.94. The Morgan fingerprint density at radius 1 is 1.22 bits per heavy atom. The average molecular weight is 312 g/mol. The molecule has 0 saturated carbocycles. The topological polar surface area (TPSA) is 28.3 Å². The molecule has 0 amide bonds. The maximum atomic E-state index is 5.63. The smallest absolute Gasteiger partial charge is 0.128 e. The Balaban J connectivity index is 1.78. The van der Waals surface area contributed by atoms with Crippen LogP contribution in [0.2, 0.25) is 0 Å². The minimum Gasteiger partial charge on any atom is -0.496 e. The number of aromatic nitrogens is 1. The quantitative estimate of drug-likeness (QED) is 0.902. The Kier molecular flexibility index (Phi) is 3.84. The summed E-state index contributed by atoms with van der Waals surface area (Å²) in [6.07, 6.45) is 5.06. The molecule has 2 aromatic rings. The maximum absolute atomic E-state index is 5.63. The van der Waals surface area contributed by atoms with Crippen molar-refractivity contribution in [2.24, 2.45) is 11.8 Å². The second-order valence-electron chi connectivity index (χ2n) is 7.23. The first-order chi connectivity index (χ1) is 11.3. The fraction of sp³-hybridized carbons (Fsp3) is 0.600. The lowest BCUT2D eigenvalue weighted by molar-refractivity contribution is 0.0489. The Labute approximate surface area is 139 Å². The molecule has 1 N–H and O–H groups in total.